The Labute approximate surface area is 208 Å². The van der Waals surface area contributed by atoms with E-state index in [0.717, 1.165) is 10.9 Å². The number of ether oxygens (including phenoxy) is 3. The number of hydrogen-bond donors (Lipinski definition) is 1. The summed E-state index contributed by atoms with van der Waals surface area (Å²) in [6, 6.07) is 14.3. The third-order valence-corrected chi connectivity index (χ3v) is 6.10. The Morgan fingerprint density at radius 1 is 0.944 bits per heavy atom. The van der Waals surface area contributed by atoms with E-state index in [9.17, 15) is 14.3 Å². The molecule has 0 radical (unpaired) electrons. The van der Waals surface area contributed by atoms with Gasteiger partial charge in [-0.25, -0.2) is 9.18 Å². The molecule has 7 nitrogen and oxygen atoms in total. The van der Waals surface area contributed by atoms with Crippen molar-refractivity contribution in [2.75, 3.05) is 19.1 Å². The van der Waals surface area contributed by atoms with Crippen LogP contribution in [0.2, 0.25) is 0 Å². The fourth-order valence-electron chi connectivity index (χ4n) is 4.19. The monoisotopic (exact) mass is 490 g/mol. The SMILES string of the molecule is COc1cc2nccc(Oc3cc(C)c(N(C(=O)O)C(C)c4cccc(F)c4)cc3C)c2cc1OC. The van der Waals surface area contributed by atoms with Crippen LogP contribution in [0, 0.1) is 19.7 Å². The molecule has 0 aliphatic carbocycles. The van der Waals surface area contributed by atoms with Crippen LogP contribution in [0.4, 0.5) is 14.9 Å². The van der Waals surface area contributed by atoms with Crippen molar-refractivity contribution in [2.45, 2.75) is 26.8 Å². The van der Waals surface area contributed by atoms with Gasteiger partial charge in [0, 0.05) is 17.6 Å². The van der Waals surface area contributed by atoms with Gasteiger partial charge in [-0.2, -0.15) is 0 Å². The fraction of sp³-hybridized carbons (Fsp3) is 0.214. The average molecular weight is 491 g/mol. The number of pyridine rings is 1. The molecule has 186 valence electrons. The maximum atomic E-state index is 13.8. The number of rotatable bonds is 7. The Hall–Kier alpha value is -4.33. The molecular formula is C28H27FN2O5. The lowest BCUT2D eigenvalue weighted by Crippen LogP contribution is -2.32. The maximum absolute atomic E-state index is 13.8. The normalized spacial score (nSPS) is 11.7. The molecule has 4 aromatic rings. The standard InChI is InChI=1S/C28H27FN2O5/c1-16-12-25(36-24-9-10-30-22-15-27(35-5)26(34-4)14-21(22)24)17(2)11-23(16)31(28(32)33)18(3)19-7-6-8-20(29)13-19/h6-15,18H,1-5H3,(H,32,33). The number of carboxylic acid groups (broad SMARTS) is 1. The molecule has 1 unspecified atom stereocenters. The van der Waals surface area contributed by atoms with E-state index in [2.05, 4.69) is 4.98 Å². The second-order valence-electron chi connectivity index (χ2n) is 8.42. The molecule has 0 aliphatic heterocycles. The topological polar surface area (TPSA) is 81.1 Å². The summed E-state index contributed by atoms with van der Waals surface area (Å²) in [7, 11) is 3.12. The first-order valence-corrected chi connectivity index (χ1v) is 11.3. The molecule has 1 amide bonds. The van der Waals surface area contributed by atoms with Crippen molar-refractivity contribution in [3.8, 4) is 23.0 Å². The van der Waals surface area contributed by atoms with Gasteiger partial charge in [0.25, 0.3) is 0 Å². The van der Waals surface area contributed by atoms with E-state index in [4.69, 9.17) is 14.2 Å². The Morgan fingerprint density at radius 3 is 2.33 bits per heavy atom. The average Bonchev–Trinajstić information content (AvgIpc) is 2.86. The smallest absolute Gasteiger partial charge is 0.412 e. The zero-order valence-corrected chi connectivity index (χ0v) is 20.7. The zero-order chi connectivity index (χ0) is 26.0. The van der Waals surface area contributed by atoms with Gasteiger partial charge in [0.2, 0.25) is 0 Å². The van der Waals surface area contributed by atoms with Crippen LogP contribution < -0.4 is 19.1 Å². The summed E-state index contributed by atoms with van der Waals surface area (Å²) in [4.78, 5) is 17.9. The molecule has 3 aromatic carbocycles. The van der Waals surface area contributed by atoms with E-state index in [1.807, 2.05) is 13.8 Å². The molecule has 36 heavy (non-hydrogen) atoms. The second-order valence-corrected chi connectivity index (χ2v) is 8.42. The van der Waals surface area contributed by atoms with Crippen LogP contribution in [-0.2, 0) is 0 Å². The van der Waals surface area contributed by atoms with Crippen LogP contribution >= 0.6 is 0 Å². The van der Waals surface area contributed by atoms with Gasteiger partial charge in [-0.05, 0) is 73.9 Å². The lowest BCUT2D eigenvalue weighted by molar-refractivity contribution is 0.199. The number of methoxy groups -OCH3 is 2. The van der Waals surface area contributed by atoms with Gasteiger partial charge in [-0.15, -0.1) is 0 Å². The zero-order valence-electron chi connectivity index (χ0n) is 20.7. The summed E-state index contributed by atoms with van der Waals surface area (Å²) in [6.45, 7) is 5.39. The predicted octanol–water partition coefficient (Wildman–Crippen LogP) is 7.05. The summed E-state index contributed by atoms with van der Waals surface area (Å²) in [5.74, 6) is 1.84. The Balaban J connectivity index is 1.73. The maximum Gasteiger partial charge on any atom is 0.412 e. The minimum Gasteiger partial charge on any atom is -0.493 e. The summed E-state index contributed by atoms with van der Waals surface area (Å²) < 4.78 is 30.9. The van der Waals surface area contributed by atoms with Gasteiger partial charge in [0.1, 0.15) is 17.3 Å². The third kappa shape index (κ3) is 4.75. The molecule has 0 saturated heterocycles. The molecule has 0 fully saturated rings. The number of amides is 1. The molecule has 0 bridgehead atoms. The van der Waals surface area contributed by atoms with Crippen molar-refractivity contribution in [1.82, 2.24) is 4.98 Å². The quantitative estimate of drug-likeness (QED) is 0.299. The van der Waals surface area contributed by atoms with Gasteiger partial charge >= 0.3 is 6.09 Å². The summed E-state index contributed by atoms with van der Waals surface area (Å²) in [5.41, 5.74) is 3.16. The summed E-state index contributed by atoms with van der Waals surface area (Å²) >= 11 is 0. The Bertz CT molecular complexity index is 1440. The number of fused-ring (bicyclic) bond motifs is 1. The minimum atomic E-state index is -1.14. The molecule has 1 atom stereocenters. The molecule has 1 heterocycles. The highest BCUT2D eigenvalue weighted by atomic mass is 19.1. The number of carbonyl (C=O) groups is 1. The lowest BCUT2D eigenvalue weighted by Gasteiger charge is -2.29. The Morgan fingerprint density at radius 2 is 1.67 bits per heavy atom. The molecule has 0 saturated carbocycles. The van der Waals surface area contributed by atoms with Gasteiger partial charge in [0.05, 0.1) is 31.5 Å². The Kier molecular flexibility index (Phi) is 6.96. The highest BCUT2D eigenvalue weighted by Crippen LogP contribution is 2.39. The highest BCUT2D eigenvalue weighted by Gasteiger charge is 2.25. The van der Waals surface area contributed by atoms with Gasteiger partial charge in [0.15, 0.2) is 11.5 Å². The van der Waals surface area contributed by atoms with Crippen molar-refractivity contribution in [1.29, 1.82) is 0 Å². The molecular weight excluding hydrogens is 463 g/mol. The first-order valence-electron chi connectivity index (χ1n) is 11.3. The van der Waals surface area contributed by atoms with Crippen LogP contribution in [0.25, 0.3) is 10.9 Å². The van der Waals surface area contributed by atoms with Crippen molar-refractivity contribution < 1.29 is 28.5 Å². The number of hydrogen-bond acceptors (Lipinski definition) is 5. The number of nitrogens with zero attached hydrogens (tertiary/aromatic N) is 2. The molecule has 1 N–H and O–H groups in total. The van der Waals surface area contributed by atoms with Gasteiger partial charge in [-0.1, -0.05) is 12.1 Å². The van der Waals surface area contributed by atoms with Gasteiger partial charge in [-0.3, -0.25) is 9.88 Å². The summed E-state index contributed by atoms with van der Waals surface area (Å²) in [5, 5.41) is 10.8. The molecule has 1 aromatic heterocycles. The first-order chi connectivity index (χ1) is 17.2. The van der Waals surface area contributed by atoms with Crippen LogP contribution in [0.3, 0.4) is 0 Å². The lowest BCUT2D eigenvalue weighted by atomic mass is 10.0. The number of aromatic nitrogens is 1. The van der Waals surface area contributed by atoms with Crippen molar-refractivity contribution >= 4 is 22.7 Å². The van der Waals surface area contributed by atoms with Crippen LogP contribution in [-0.4, -0.2) is 30.4 Å². The summed E-state index contributed by atoms with van der Waals surface area (Å²) in [6.07, 6.45) is 0.511. The molecule has 0 aliphatic rings. The van der Waals surface area contributed by atoms with E-state index in [0.29, 0.717) is 45.3 Å². The van der Waals surface area contributed by atoms with Crippen LogP contribution in [0.5, 0.6) is 23.0 Å². The minimum absolute atomic E-state index is 0.417. The van der Waals surface area contributed by atoms with E-state index in [1.54, 1.807) is 69.8 Å². The second kappa shape index (κ2) is 10.1. The van der Waals surface area contributed by atoms with Crippen molar-refractivity contribution in [2.24, 2.45) is 0 Å². The number of benzene rings is 3. The largest absolute Gasteiger partial charge is 0.493 e. The first kappa shape index (κ1) is 24.8. The number of anilines is 1. The van der Waals surface area contributed by atoms with E-state index >= 15 is 0 Å². The van der Waals surface area contributed by atoms with Crippen molar-refractivity contribution in [3.05, 3.63) is 83.3 Å². The number of halogens is 1. The predicted molar refractivity (Wildman–Crippen MR) is 136 cm³/mol. The molecule has 0 spiro atoms. The van der Waals surface area contributed by atoms with Crippen LogP contribution in [0.15, 0.2) is 60.8 Å². The van der Waals surface area contributed by atoms with Crippen LogP contribution in [0.1, 0.15) is 29.7 Å². The van der Waals surface area contributed by atoms with Crippen molar-refractivity contribution in [3.63, 3.8) is 0 Å². The fourth-order valence-corrected chi connectivity index (χ4v) is 4.19. The number of aryl methyl sites for hydroxylation is 2. The molecule has 4 rings (SSSR count). The van der Waals surface area contributed by atoms with Gasteiger partial charge < -0.3 is 19.3 Å². The highest BCUT2D eigenvalue weighted by molar-refractivity contribution is 5.90. The van der Waals surface area contributed by atoms with E-state index in [-0.39, 0.29) is 0 Å². The third-order valence-electron chi connectivity index (χ3n) is 6.10. The molecule has 8 heteroatoms. The van der Waals surface area contributed by atoms with E-state index < -0.39 is 18.0 Å². The van der Waals surface area contributed by atoms with E-state index in [1.165, 1.54) is 17.0 Å².